The number of hydrogen-bond acceptors (Lipinski definition) is 7. The van der Waals surface area contributed by atoms with Gasteiger partial charge in [-0.2, -0.15) is 5.10 Å². The Labute approximate surface area is 220 Å². The van der Waals surface area contributed by atoms with Gasteiger partial charge < -0.3 is 15.4 Å². The Morgan fingerprint density at radius 2 is 1.90 bits per heavy atom. The third kappa shape index (κ3) is 4.13. The number of H-pyrrole nitrogens is 2. The summed E-state index contributed by atoms with van der Waals surface area (Å²) in [6.45, 7) is 0. The van der Waals surface area contributed by atoms with E-state index in [1.807, 2.05) is 12.1 Å². The number of phenolic OH excluding ortho intramolecular Hbond substituents is 1. The van der Waals surface area contributed by atoms with Crippen molar-refractivity contribution < 1.29 is 14.3 Å². The first-order valence-corrected chi connectivity index (χ1v) is 12.5. The van der Waals surface area contributed by atoms with Gasteiger partial charge in [-0.05, 0) is 43.2 Å². The first kappa shape index (κ1) is 23.0. The fraction of sp³-hybridized carbons (Fsp3) is 0.143. The minimum Gasteiger partial charge on any atom is -0.508 e. The quantitative estimate of drug-likeness (QED) is 0.244. The van der Waals surface area contributed by atoms with Crippen molar-refractivity contribution in [1.29, 1.82) is 0 Å². The fourth-order valence-corrected chi connectivity index (χ4v) is 4.79. The Morgan fingerprint density at radius 3 is 2.72 bits per heavy atom. The number of aromatic nitrogens is 7. The van der Waals surface area contributed by atoms with Crippen molar-refractivity contribution in [2.45, 2.75) is 19.3 Å². The van der Waals surface area contributed by atoms with Gasteiger partial charge in [0.05, 0.1) is 28.5 Å². The highest BCUT2D eigenvalue weighted by molar-refractivity contribution is 5.97. The van der Waals surface area contributed by atoms with Crippen molar-refractivity contribution in [3.63, 3.8) is 0 Å². The van der Waals surface area contributed by atoms with E-state index in [0.717, 1.165) is 41.8 Å². The summed E-state index contributed by atoms with van der Waals surface area (Å²) < 4.78 is 14.0. The van der Waals surface area contributed by atoms with Crippen molar-refractivity contribution >= 4 is 33.7 Å². The summed E-state index contributed by atoms with van der Waals surface area (Å²) in [5, 5.41) is 20.9. The molecule has 0 aliphatic heterocycles. The zero-order chi connectivity index (χ0) is 26.5. The average Bonchev–Trinajstić information content (AvgIpc) is 3.50. The Hall–Kier alpha value is -5.19. The molecule has 1 aliphatic carbocycles. The first-order valence-electron chi connectivity index (χ1n) is 12.5. The molecule has 4 N–H and O–H groups in total. The van der Waals surface area contributed by atoms with Crippen LogP contribution in [0.5, 0.6) is 5.75 Å². The van der Waals surface area contributed by atoms with E-state index in [1.54, 1.807) is 30.9 Å². The molecule has 0 atom stereocenters. The van der Waals surface area contributed by atoms with Crippen molar-refractivity contribution in [3.8, 4) is 39.7 Å². The largest absolute Gasteiger partial charge is 0.508 e. The number of phenols is 1. The van der Waals surface area contributed by atoms with Crippen LogP contribution in [0.2, 0.25) is 0 Å². The maximum atomic E-state index is 14.0. The summed E-state index contributed by atoms with van der Waals surface area (Å²) in [6, 6.07) is 9.36. The van der Waals surface area contributed by atoms with Gasteiger partial charge in [0, 0.05) is 47.3 Å². The van der Waals surface area contributed by atoms with Crippen LogP contribution in [0.1, 0.15) is 19.3 Å². The van der Waals surface area contributed by atoms with Crippen LogP contribution in [-0.2, 0) is 4.79 Å². The molecule has 1 aromatic carbocycles. The van der Waals surface area contributed by atoms with Crippen molar-refractivity contribution in [2.24, 2.45) is 5.92 Å². The molecule has 1 amide bonds. The Morgan fingerprint density at radius 1 is 1.03 bits per heavy atom. The standard InChI is InChI=1S/C28H21FN8O2/c29-18-6-15(8-20(38)10-18)23-25-22(4-5-31-23)34-27(35-25)24-21-9-17(12-32-26(21)37-36-24)16-7-19(13-30-11-16)33-28(39)14-2-1-3-14/h4-14,38H,1-3H2,(H,33,39)(H,34,35)(H,32,36,37). The van der Waals surface area contributed by atoms with E-state index < -0.39 is 5.82 Å². The molecule has 6 aromatic rings. The van der Waals surface area contributed by atoms with Gasteiger partial charge in [0.25, 0.3) is 0 Å². The minimum absolute atomic E-state index is 0.0260. The Kier molecular flexibility index (Phi) is 5.29. The number of carbonyl (C=O) groups excluding carboxylic acids is 1. The molecule has 5 aromatic heterocycles. The molecule has 11 heteroatoms. The molecule has 192 valence electrons. The summed E-state index contributed by atoms with van der Waals surface area (Å²) in [7, 11) is 0. The van der Waals surface area contributed by atoms with E-state index in [0.29, 0.717) is 45.1 Å². The van der Waals surface area contributed by atoms with Gasteiger partial charge in [-0.1, -0.05) is 6.42 Å². The van der Waals surface area contributed by atoms with Crippen LogP contribution >= 0.6 is 0 Å². The molecule has 5 heterocycles. The lowest BCUT2D eigenvalue weighted by Crippen LogP contribution is -2.28. The Bertz CT molecular complexity index is 1870. The molecule has 0 unspecified atom stereocenters. The van der Waals surface area contributed by atoms with E-state index in [1.165, 1.54) is 12.1 Å². The molecular weight excluding hydrogens is 499 g/mol. The highest BCUT2D eigenvalue weighted by Gasteiger charge is 2.25. The molecule has 0 radical (unpaired) electrons. The normalized spacial score (nSPS) is 13.6. The highest BCUT2D eigenvalue weighted by Crippen LogP contribution is 2.33. The van der Waals surface area contributed by atoms with Gasteiger partial charge in [0.2, 0.25) is 5.91 Å². The molecule has 39 heavy (non-hydrogen) atoms. The van der Waals surface area contributed by atoms with Crippen LogP contribution in [0.25, 0.3) is 56.0 Å². The van der Waals surface area contributed by atoms with Crippen LogP contribution in [0.3, 0.4) is 0 Å². The molecule has 0 bridgehead atoms. The van der Waals surface area contributed by atoms with Crippen LogP contribution in [0.15, 0.2) is 61.2 Å². The highest BCUT2D eigenvalue weighted by atomic mass is 19.1. The summed E-state index contributed by atoms with van der Waals surface area (Å²) in [4.78, 5) is 33.6. The lowest BCUT2D eigenvalue weighted by atomic mass is 9.85. The van der Waals surface area contributed by atoms with E-state index >= 15 is 0 Å². The van der Waals surface area contributed by atoms with Gasteiger partial charge in [-0.3, -0.25) is 19.9 Å². The number of aromatic amines is 2. The predicted octanol–water partition coefficient (Wildman–Crippen LogP) is 5.21. The summed E-state index contributed by atoms with van der Waals surface area (Å²) in [5.41, 5.74) is 5.39. The van der Waals surface area contributed by atoms with Crippen molar-refractivity contribution in [1.82, 2.24) is 35.1 Å². The van der Waals surface area contributed by atoms with E-state index in [9.17, 15) is 14.3 Å². The number of fused-ring (bicyclic) bond motifs is 2. The minimum atomic E-state index is -0.570. The SMILES string of the molecule is O=C(Nc1cncc(-c2cnc3n[nH]c(-c4nc5c(-c6cc(O)cc(F)c6)nccc5[nH]4)c3c2)c1)C1CCC1. The number of pyridine rings is 3. The number of carbonyl (C=O) groups is 1. The first-order chi connectivity index (χ1) is 19.0. The zero-order valence-corrected chi connectivity index (χ0v) is 20.4. The molecule has 0 spiro atoms. The van der Waals surface area contributed by atoms with Crippen LogP contribution in [0.4, 0.5) is 10.1 Å². The summed E-state index contributed by atoms with van der Waals surface area (Å²) >= 11 is 0. The van der Waals surface area contributed by atoms with Crippen molar-refractivity contribution in [2.75, 3.05) is 5.32 Å². The second-order valence-electron chi connectivity index (χ2n) is 9.61. The summed E-state index contributed by atoms with van der Waals surface area (Å²) in [5.74, 6) is -0.164. The molecular formula is C28H21FN8O2. The third-order valence-electron chi connectivity index (χ3n) is 7.02. The van der Waals surface area contributed by atoms with Crippen molar-refractivity contribution in [3.05, 3.63) is 67.0 Å². The number of rotatable bonds is 5. The Balaban J connectivity index is 1.27. The van der Waals surface area contributed by atoms with Gasteiger partial charge in [-0.15, -0.1) is 0 Å². The second-order valence-corrected chi connectivity index (χ2v) is 9.61. The van der Waals surface area contributed by atoms with Gasteiger partial charge >= 0.3 is 0 Å². The average molecular weight is 521 g/mol. The molecule has 1 saturated carbocycles. The van der Waals surface area contributed by atoms with Crippen LogP contribution < -0.4 is 5.32 Å². The number of anilines is 1. The molecule has 7 rings (SSSR count). The number of benzene rings is 1. The maximum Gasteiger partial charge on any atom is 0.227 e. The second kappa shape index (κ2) is 8.98. The molecule has 0 saturated heterocycles. The number of nitrogens with one attached hydrogen (secondary N) is 3. The monoisotopic (exact) mass is 520 g/mol. The van der Waals surface area contributed by atoms with E-state index in [-0.39, 0.29) is 17.6 Å². The fourth-order valence-electron chi connectivity index (χ4n) is 4.79. The van der Waals surface area contributed by atoms with Gasteiger partial charge in [-0.25, -0.2) is 14.4 Å². The van der Waals surface area contributed by atoms with Crippen LogP contribution in [-0.4, -0.2) is 46.1 Å². The lowest BCUT2D eigenvalue weighted by molar-refractivity contribution is -0.122. The number of amides is 1. The number of halogens is 1. The topological polar surface area (TPSA) is 145 Å². The maximum absolute atomic E-state index is 14.0. The van der Waals surface area contributed by atoms with Gasteiger partial charge in [0.15, 0.2) is 11.5 Å². The van der Waals surface area contributed by atoms with Gasteiger partial charge in [0.1, 0.15) is 22.8 Å². The molecule has 10 nitrogen and oxygen atoms in total. The van der Waals surface area contributed by atoms with E-state index in [2.05, 4.69) is 35.5 Å². The molecule has 1 fully saturated rings. The number of nitrogens with zero attached hydrogens (tertiary/aromatic N) is 5. The third-order valence-corrected chi connectivity index (χ3v) is 7.02. The zero-order valence-electron chi connectivity index (χ0n) is 20.4. The number of hydrogen-bond donors (Lipinski definition) is 4. The van der Waals surface area contributed by atoms with Crippen LogP contribution in [0, 0.1) is 11.7 Å². The lowest BCUT2D eigenvalue weighted by Gasteiger charge is -2.24. The van der Waals surface area contributed by atoms with E-state index in [4.69, 9.17) is 4.98 Å². The predicted molar refractivity (Wildman–Crippen MR) is 143 cm³/mol. The summed E-state index contributed by atoms with van der Waals surface area (Å²) in [6.07, 6.45) is 9.59. The molecule has 1 aliphatic rings. The number of imidazole rings is 1. The number of aromatic hydroxyl groups is 1. The smallest absolute Gasteiger partial charge is 0.227 e.